The van der Waals surface area contributed by atoms with Gasteiger partial charge in [0.1, 0.15) is 4.90 Å². The van der Waals surface area contributed by atoms with Crippen molar-refractivity contribution in [3.05, 3.63) is 16.7 Å². The maximum atomic E-state index is 11.5. The predicted molar refractivity (Wildman–Crippen MR) is 54.7 cm³/mol. The first-order valence-corrected chi connectivity index (χ1v) is 5.92. The van der Waals surface area contributed by atoms with Gasteiger partial charge >= 0.3 is 0 Å². The number of methoxy groups -OCH3 is 1. The normalized spacial score (nSPS) is 11.4. The number of nitrogens with one attached hydrogen (secondary N) is 1. The third-order valence-corrected chi connectivity index (χ3v) is 3.38. The van der Waals surface area contributed by atoms with Crippen molar-refractivity contribution < 1.29 is 13.2 Å². The number of sulfonamides is 1. The van der Waals surface area contributed by atoms with E-state index in [0.29, 0.717) is 4.47 Å². The lowest BCUT2D eigenvalue weighted by Gasteiger charge is -2.07. The summed E-state index contributed by atoms with van der Waals surface area (Å²) < 4.78 is 30.6. The number of hydrogen-bond donors (Lipinski definition) is 1. The van der Waals surface area contributed by atoms with Gasteiger partial charge in [-0.2, -0.15) is 0 Å². The second-order valence-corrected chi connectivity index (χ2v) is 5.14. The van der Waals surface area contributed by atoms with E-state index in [1.54, 1.807) is 0 Å². The summed E-state index contributed by atoms with van der Waals surface area (Å²) in [7, 11) is -0.836. The van der Waals surface area contributed by atoms with Gasteiger partial charge in [0.2, 0.25) is 15.9 Å². The van der Waals surface area contributed by atoms with Gasteiger partial charge < -0.3 is 4.74 Å². The number of nitrogens with zero attached hydrogens (tertiary/aromatic N) is 1. The molecule has 0 unspecified atom stereocenters. The highest BCUT2D eigenvalue weighted by Gasteiger charge is 2.18. The smallest absolute Gasteiger partial charge is 0.245 e. The molecule has 1 aromatic rings. The van der Waals surface area contributed by atoms with Crippen LogP contribution in [-0.4, -0.2) is 27.6 Å². The van der Waals surface area contributed by atoms with E-state index in [2.05, 4.69) is 25.6 Å². The van der Waals surface area contributed by atoms with E-state index in [1.165, 1.54) is 26.4 Å². The van der Waals surface area contributed by atoms with E-state index < -0.39 is 10.0 Å². The Morgan fingerprint density at radius 3 is 2.71 bits per heavy atom. The molecule has 0 radical (unpaired) electrons. The summed E-state index contributed by atoms with van der Waals surface area (Å²) in [4.78, 5) is 3.83. The number of pyridine rings is 1. The Kier molecular flexibility index (Phi) is 3.46. The zero-order chi connectivity index (χ0) is 10.8. The molecule has 0 fully saturated rings. The zero-order valence-electron chi connectivity index (χ0n) is 7.61. The van der Waals surface area contributed by atoms with Crippen LogP contribution < -0.4 is 9.46 Å². The predicted octanol–water partition coefficient (Wildman–Crippen LogP) is 0.761. The van der Waals surface area contributed by atoms with Crippen molar-refractivity contribution in [2.45, 2.75) is 4.90 Å². The Morgan fingerprint density at radius 2 is 2.21 bits per heavy atom. The highest BCUT2D eigenvalue weighted by atomic mass is 79.9. The second-order valence-electron chi connectivity index (χ2n) is 2.37. The molecule has 0 bridgehead atoms. The number of hydrogen-bond acceptors (Lipinski definition) is 4. The fraction of sp³-hybridized carbons (Fsp3) is 0.286. The Hall–Kier alpha value is -0.660. The first kappa shape index (κ1) is 11.4. The molecule has 78 valence electrons. The third kappa shape index (κ3) is 2.23. The maximum absolute atomic E-state index is 11.5. The van der Waals surface area contributed by atoms with Crippen LogP contribution >= 0.6 is 15.9 Å². The maximum Gasteiger partial charge on any atom is 0.245 e. The van der Waals surface area contributed by atoms with Crippen LogP contribution in [0, 0.1) is 0 Å². The average molecular weight is 281 g/mol. The Morgan fingerprint density at radius 1 is 1.57 bits per heavy atom. The first-order chi connectivity index (χ1) is 6.51. The van der Waals surface area contributed by atoms with Crippen molar-refractivity contribution in [2.24, 2.45) is 0 Å². The molecule has 1 aromatic heterocycles. The summed E-state index contributed by atoms with van der Waals surface area (Å²) in [5.74, 6) is 0.0718. The van der Waals surface area contributed by atoms with Gasteiger partial charge in [-0.25, -0.2) is 18.1 Å². The first-order valence-electron chi connectivity index (χ1n) is 3.64. The van der Waals surface area contributed by atoms with Crippen molar-refractivity contribution in [1.29, 1.82) is 0 Å². The van der Waals surface area contributed by atoms with Crippen molar-refractivity contribution in [3.8, 4) is 5.88 Å². The number of halogens is 1. The Balaban J connectivity index is 3.39. The molecule has 0 atom stereocenters. The van der Waals surface area contributed by atoms with Crippen molar-refractivity contribution in [1.82, 2.24) is 9.71 Å². The van der Waals surface area contributed by atoms with Gasteiger partial charge in [-0.15, -0.1) is 0 Å². The molecule has 1 N–H and O–H groups in total. The van der Waals surface area contributed by atoms with Gasteiger partial charge in [-0.1, -0.05) is 0 Å². The molecule has 1 heterocycles. The Labute approximate surface area is 90.7 Å². The molecule has 0 aromatic carbocycles. The summed E-state index contributed by atoms with van der Waals surface area (Å²) in [6.07, 6.45) is 1.47. The van der Waals surface area contributed by atoms with E-state index in [0.717, 1.165) is 0 Å². The molecule has 0 amide bonds. The van der Waals surface area contributed by atoms with Gasteiger partial charge in [0, 0.05) is 10.7 Å². The average Bonchev–Trinajstić information content (AvgIpc) is 2.18. The highest BCUT2D eigenvalue weighted by molar-refractivity contribution is 9.10. The topological polar surface area (TPSA) is 68.3 Å². The van der Waals surface area contributed by atoms with Crippen LogP contribution in [0.25, 0.3) is 0 Å². The quantitative estimate of drug-likeness (QED) is 0.888. The monoisotopic (exact) mass is 280 g/mol. The molecule has 0 saturated heterocycles. The van der Waals surface area contributed by atoms with E-state index in [-0.39, 0.29) is 10.8 Å². The van der Waals surface area contributed by atoms with Crippen LogP contribution in [-0.2, 0) is 10.0 Å². The zero-order valence-corrected chi connectivity index (χ0v) is 10.0. The summed E-state index contributed by atoms with van der Waals surface area (Å²) in [5.41, 5.74) is 0. The lowest BCUT2D eigenvalue weighted by Crippen LogP contribution is -2.19. The van der Waals surface area contributed by atoms with E-state index in [4.69, 9.17) is 4.74 Å². The van der Waals surface area contributed by atoms with E-state index in [9.17, 15) is 8.42 Å². The van der Waals surface area contributed by atoms with Crippen LogP contribution in [0.15, 0.2) is 21.6 Å². The molecule has 7 heteroatoms. The van der Waals surface area contributed by atoms with Gasteiger partial charge in [0.15, 0.2) is 0 Å². The van der Waals surface area contributed by atoms with E-state index >= 15 is 0 Å². The molecule has 5 nitrogen and oxygen atoms in total. The molecule has 0 spiro atoms. The number of ether oxygens (including phenoxy) is 1. The molecule has 1 rings (SSSR count). The van der Waals surface area contributed by atoms with Gasteiger partial charge in [0.05, 0.1) is 7.11 Å². The standard InChI is InChI=1S/C7H9BrN2O3S/c1-9-14(11,12)6-3-5(8)4-10-7(6)13-2/h3-4,9H,1-2H3. The van der Waals surface area contributed by atoms with Crippen LogP contribution in [0.2, 0.25) is 0 Å². The molecule has 0 aliphatic heterocycles. The summed E-state index contributed by atoms with van der Waals surface area (Å²) in [5, 5.41) is 0. The van der Waals surface area contributed by atoms with Crippen molar-refractivity contribution >= 4 is 26.0 Å². The Bertz CT molecular complexity index is 433. The van der Waals surface area contributed by atoms with Crippen molar-refractivity contribution in [3.63, 3.8) is 0 Å². The fourth-order valence-electron chi connectivity index (χ4n) is 0.864. The fourth-order valence-corrected chi connectivity index (χ4v) is 2.21. The van der Waals surface area contributed by atoms with Gasteiger partial charge in [0.25, 0.3) is 0 Å². The van der Waals surface area contributed by atoms with E-state index in [1.807, 2.05) is 0 Å². The summed E-state index contributed by atoms with van der Waals surface area (Å²) in [6, 6.07) is 1.43. The van der Waals surface area contributed by atoms with Gasteiger partial charge in [-0.3, -0.25) is 0 Å². The highest BCUT2D eigenvalue weighted by Crippen LogP contribution is 2.23. The van der Waals surface area contributed by atoms with Crippen LogP contribution in [0.4, 0.5) is 0 Å². The minimum absolute atomic E-state index is 0.0110. The molecule has 14 heavy (non-hydrogen) atoms. The van der Waals surface area contributed by atoms with Gasteiger partial charge in [-0.05, 0) is 29.0 Å². The second kappa shape index (κ2) is 4.24. The lowest BCUT2D eigenvalue weighted by molar-refractivity contribution is 0.384. The van der Waals surface area contributed by atoms with Crippen LogP contribution in [0.3, 0.4) is 0 Å². The number of rotatable bonds is 3. The minimum atomic E-state index is -3.53. The number of aromatic nitrogens is 1. The molecule has 0 aliphatic rings. The molecule has 0 saturated carbocycles. The van der Waals surface area contributed by atoms with Crippen LogP contribution in [0.5, 0.6) is 5.88 Å². The third-order valence-electron chi connectivity index (χ3n) is 1.54. The van der Waals surface area contributed by atoms with Crippen molar-refractivity contribution in [2.75, 3.05) is 14.2 Å². The minimum Gasteiger partial charge on any atom is -0.480 e. The molecular weight excluding hydrogens is 272 g/mol. The largest absolute Gasteiger partial charge is 0.480 e. The van der Waals surface area contributed by atoms with Crippen LogP contribution in [0.1, 0.15) is 0 Å². The molecular formula is C7H9BrN2O3S. The molecule has 0 aliphatic carbocycles. The summed E-state index contributed by atoms with van der Waals surface area (Å²) in [6.45, 7) is 0. The summed E-state index contributed by atoms with van der Waals surface area (Å²) >= 11 is 3.14. The lowest BCUT2D eigenvalue weighted by atomic mass is 10.5. The SMILES string of the molecule is CNS(=O)(=O)c1cc(Br)cnc1OC.